The highest BCUT2D eigenvalue weighted by Crippen LogP contribution is 2.25. The highest BCUT2D eigenvalue weighted by Gasteiger charge is 2.36. The highest BCUT2D eigenvalue weighted by molar-refractivity contribution is 6.30. The Labute approximate surface area is 170 Å². The molecule has 0 unspecified atom stereocenters. The second-order valence-corrected chi connectivity index (χ2v) is 8.38. The smallest absolute Gasteiger partial charge is 0.411 e. The average molecular weight is 401 g/mol. The van der Waals surface area contributed by atoms with E-state index in [2.05, 4.69) is 5.32 Å². The number of benzene rings is 2. The molecular formula is C22H25ClN2O3. The molecule has 0 radical (unpaired) electrons. The summed E-state index contributed by atoms with van der Waals surface area (Å²) in [5.41, 5.74) is 2.38. The number of nitrogens with zero attached hydrogens (tertiary/aromatic N) is 1. The van der Waals surface area contributed by atoms with E-state index in [1.807, 2.05) is 63.2 Å². The fourth-order valence-corrected chi connectivity index (χ4v) is 3.44. The van der Waals surface area contributed by atoms with Crippen LogP contribution in [0.15, 0.2) is 48.5 Å². The first-order valence-electron chi connectivity index (χ1n) is 9.31. The van der Waals surface area contributed by atoms with E-state index < -0.39 is 17.7 Å². The predicted octanol–water partition coefficient (Wildman–Crippen LogP) is 4.32. The summed E-state index contributed by atoms with van der Waals surface area (Å²) in [6.07, 6.45) is -0.0264. The molecule has 148 valence electrons. The molecule has 28 heavy (non-hydrogen) atoms. The third-order valence-corrected chi connectivity index (χ3v) is 4.77. The van der Waals surface area contributed by atoms with Gasteiger partial charge in [0.05, 0.1) is 6.54 Å². The monoisotopic (exact) mass is 400 g/mol. The predicted molar refractivity (Wildman–Crippen MR) is 109 cm³/mol. The Morgan fingerprint density at radius 3 is 2.54 bits per heavy atom. The van der Waals surface area contributed by atoms with Gasteiger partial charge in [-0.2, -0.15) is 0 Å². The molecule has 0 aromatic heterocycles. The van der Waals surface area contributed by atoms with Crippen LogP contribution in [-0.2, 0) is 29.0 Å². The lowest BCUT2D eigenvalue weighted by molar-refractivity contribution is -0.127. The summed E-state index contributed by atoms with van der Waals surface area (Å²) in [6.45, 7) is 6.14. The second-order valence-electron chi connectivity index (χ2n) is 7.94. The molecular weight excluding hydrogens is 376 g/mol. The van der Waals surface area contributed by atoms with E-state index in [4.69, 9.17) is 16.3 Å². The number of nitrogens with one attached hydrogen (secondary N) is 1. The van der Waals surface area contributed by atoms with E-state index in [-0.39, 0.29) is 5.91 Å². The van der Waals surface area contributed by atoms with Gasteiger partial charge in [-0.3, -0.25) is 9.69 Å². The molecule has 1 aliphatic rings. The number of hydrogen-bond acceptors (Lipinski definition) is 3. The fourth-order valence-electron chi connectivity index (χ4n) is 3.22. The molecule has 1 atom stereocenters. The van der Waals surface area contributed by atoms with Gasteiger partial charge in [-0.15, -0.1) is 0 Å². The standard InChI is InChI=1S/C22H25ClN2O3/c1-22(2,3)28-21(27)25-14-17-9-5-4-8-16(17)12-19(25)20(26)24-13-15-7-6-10-18(23)11-15/h4-11,19H,12-14H2,1-3H3,(H,24,26)/t19-/m0/s1. The molecule has 5 nitrogen and oxygen atoms in total. The molecule has 6 heteroatoms. The third kappa shape index (κ3) is 5.04. The quantitative estimate of drug-likeness (QED) is 0.834. The molecule has 0 bridgehead atoms. The van der Waals surface area contributed by atoms with Crippen molar-refractivity contribution in [1.82, 2.24) is 10.2 Å². The summed E-state index contributed by atoms with van der Waals surface area (Å²) in [6, 6.07) is 14.6. The minimum atomic E-state index is -0.629. The van der Waals surface area contributed by atoms with Crippen LogP contribution in [-0.4, -0.2) is 28.5 Å². The summed E-state index contributed by atoms with van der Waals surface area (Å²) < 4.78 is 5.54. The van der Waals surface area contributed by atoms with Gasteiger partial charge in [0.15, 0.2) is 0 Å². The first-order chi connectivity index (χ1) is 13.2. The van der Waals surface area contributed by atoms with Crippen molar-refractivity contribution in [2.45, 2.75) is 51.9 Å². The average Bonchev–Trinajstić information content (AvgIpc) is 2.63. The van der Waals surface area contributed by atoms with Crippen molar-refractivity contribution in [3.63, 3.8) is 0 Å². The molecule has 2 aromatic rings. The Morgan fingerprint density at radius 2 is 1.86 bits per heavy atom. The van der Waals surface area contributed by atoms with Crippen LogP contribution >= 0.6 is 11.6 Å². The summed E-state index contributed by atoms with van der Waals surface area (Å²) in [4.78, 5) is 27.2. The maximum Gasteiger partial charge on any atom is 0.411 e. The Bertz CT molecular complexity index is 876. The molecule has 1 aliphatic heterocycles. The van der Waals surface area contributed by atoms with Gasteiger partial charge in [0.1, 0.15) is 11.6 Å². The van der Waals surface area contributed by atoms with Crippen LogP contribution in [0.5, 0.6) is 0 Å². The largest absolute Gasteiger partial charge is 0.444 e. The van der Waals surface area contributed by atoms with Gasteiger partial charge in [-0.1, -0.05) is 48.0 Å². The van der Waals surface area contributed by atoms with Crippen molar-refractivity contribution < 1.29 is 14.3 Å². The van der Waals surface area contributed by atoms with Crippen molar-refractivity contribution in [1.29, 1.82) is 0 Å². The Morgan fingerprint density at radius 1 is 1.14 bits per heavy atom. The molecule has 1 N–H and O–H groups in total. The zero-order valence-corrected chi connectivity index (χ0v) is 17.1. The zero-order chi connectivity index (χ0) is 20.3. The van der Waals surface area contributed by atoms with Crippen LogP contribution in [0.2, 0.25) is 5.02 Å². The van der Waals surface area contributed by atoms with Crippen molar-refractivity contribution >= 4 is 23.6 Å². The molecule has 3 rings (SSSR count). The first kappa shape index (κ1) is 20.2. The van der Waals surface area contributed by atoms with Crippen molar-refractivity contribution in [3.05, 3.63) is 70.2 Å². The maximum atomic E-state index is 13.0. The van der Waals surface area contributed by atoms with Crippen LogP contribution in [0.25, 0.3) is 0 Å². The number of carbonyl (C=O) groups excluding carboxylic acids is 2. The van der Waals surface area contributed by atoms with E-state index in [0.717, 1.165) is 16.7 Å². The van der Waals surface area contributed by atoms with Crippen LogP contribution in [0, 0.1) is 0 Å². The number of rotatable bonds is 3. The number of halogens is 1. The molecule has 0 spiro atoms. The lowest BCUT2D eigenvalue weighted by Gasteiger charge is -2.36. The lowest BCUT2D eigenvalue weighted by atomic mass is 9.93. The molecule has 1 heterocycles. The van der Waals surface area contributed by atoms with E-state index in [0.29, 0.717) is 24.5 Å². The van der Waals surface area contributed by atoms with E-state index in [1.54, 1.807) is 6.07 Å². The lowest BCUT2D eigenvalue weighted by Crippen LogP contribution is -2.53. The van der Waals surface area contributed by atoms with E-state index >= 15 is 0 Å². The van der Waals surface area contributed by atoms with Crippen LogP contribution in [0.4, 0.5) is 4.79 Å². The van der Waals surface area contributed by atoms with Crippen LogP contribution in [0.1, 0.15) is 37.5 Å². The van der Waals surface area contributed by atoms with Crippen LogP contribution in [0.3, 0.4) is 0 Å². The van der Waals surface area contributed by atoms with Crippen molar-refractivity contribution in [3.8, 4) is 0 Å². The minimum absolute atomic E-state index is 0.208. The maximum absolute atomic E-state index is 13.0. The zero-order valence-electron chi connectivity index (χ0n) is 16.4. The molecule has 0 saturated carbocycles. The summed E-state index contributed by atoms with van der Waals surface area (Å²) in [7, 11) is 0. The third-order valence-electron chi connectivity index (χ3n) is 4.53. The minimum Gasteiger partial charge on any atom is -0.444 e. The molecule has 0 aliphatic carbocycles. The highest BCUT2D eigenvalue weighted by atomic mass is 35.5. The fraction of sp³-hybridized carbons (Fsp3) is 0.364. The number of carbonyl (C=O) groups is 2. The van der Waals surface area contributed by atoms with Gasteiger partial charge >= 0.3 is 6.09 Å². The van der Waals surface area contributed by atoms with Gasteiger partial charge in [-0.25, -0.2) is 4.79 Å². The second kappa shape index (κ2) is 8.23. The van der Waals surface area contributed by atoms with Gasteiger partial charge in [-0.05, 0) is 49.6 Å². The number of amides is 2. The molecule has 0 saturated heterocycles. The van der Waals surface area contributed by atoms with Crippen molar-refractivity contribution in [2.75, 3.05) is 0 Å². The first-order valence-corrected chi connectivity index (χ1v) is 9.69. The summed E-state index contributed by atoms with van der Waals surface area (Å²) in [5.74, 6) is -0.208. The Kier molecular flexibility index (Phi) is 5.94. The van der Waals surface area contributed by atoms with E-state index in [1.165, 1.54) is 4.90 Å². The van der Waals surface area contributed by atoms with E-state index in [9.17, 15) is 9.59 Å². The SMILES string of the molecule is CC(C)(C)OC(=O)N1Cc2ccccc2C[C@H]1C(=O)NCc1cccc(Cl)c1. The number of ether oxygens (including phenoxy) is 1. The molecule has 2 amide bonds. The summed E-state index contributed by atoms with van der Waals surface area (Å²) in [5, 5.41) is 3.55. The number of fused-ring (bicyclic) bond motifs is 1. The topological polar surface area (TPSA) is 58.6 Å². The molecule has 0 fully saturated rings. The normalized spacial score (nSPS) is 16.3. The Hall–Kier alpha value is -2.53. The van der Waals surface area contributed by atoms with Gasteiger partial charge < -0.3 is 10.1 Å². The van der Waals surface area contributed by atoms with Crippen LogP contribution < -0.4 is 5.32 Å². The Balaban J connectivity index is 1.78. The van der Waals surface area contributed by atoms with Gasteiger partial charge in [0.25, 0.3) is 0 Å². The molecule has 2 aromatic carbocycles. The van der Waals surface area contributed by atoms with Gasteiger partial charge in [0.2, 0.25) is 5.91 Å². The van der Waals surface area contributed by atoms with Crippen molar-refractivity contribution in [2.24, 2.45) is 0 Å². The summed E-state index contributed by atoms with van der Waals surface area (Å²) >= 11 is 6.01. The van der Waals surface area contributed by atoms with Gasteiger partial charge in [0, 0.05) is 18.0 Å². The number of hydrogen-bond donors (Lipinski definition) is 1.